The molecular weight excluding hydrogens is 258 g/mol. The quantitative estimate of drug-likeness (QED) is 0.779. The summed E-state index contributed by atoms with van der Waals surface area (Å²) in [5.74, 6) is -0.362. The van der Waals surface area contributed by atoms with Crippen LogP contribution in [0.25, 0.3) is 0 Å². The van der Waals surface area contributed by atoms with Gasteiger partial charge in [-0.25, -0.2) is 9.59 Å². The Balaban J connectivity index is 1.77. The zero-order valence-corrected chi connectivity index (χ0v) is 12.0. The molecule has 108 valence electrons. The molecule has 1 aromatic rings. The van der Waals surface area contributed by atoms with Gasteiger partial charge in [0.1, 0.15) is 11.7 Å². The van der Waals surface area contributed by atoms with Gasteiger partial charge in [0, 0.05) is 0 Å². The number of carbonyl (C=O) groups excluding carboxylic acids is 2. The van der Waals surface area contributed by atoms with Gasteiger partial charge in [0.25, 0.3) is 0 Å². The zero-order valence-electron chi connectivity index (χ0n) is 12.0. The Morgan fingerprint density at radius 2 is 1.75 bits per heavy atom. The van der Waals surface area contributed by atoms with Crippen molar-refractivity contribution in [1.82, 2.24) is 4.90 Å². The summed E-state index contributed by atoms with van der Waals surface area (Å²) in [5, 5.41) is 0. The van der Waals surface area contributed by atoms with Crippen LogP contribution in [0.5, 0.6) is 0 Å². The number of hydrogen-bond donors (Lipinski definition) is 0. The third kappa shape index (κ3) is 3.73. The van der Waals surface area contributed by atoms with E-state index in [-0.39, 0.29) is 18.2 Å². The molecule has 1 aliphatic rings. The van der Waals surface area contributed by atoms with Crippen molar-refractivity contribution in [2.45, 2.75) is 32.5 Å². The summed E-state index contributed by atoms with van der Waals surface area (Å²) in [4.78, 5) is 25.0. The highest BCUT2D eigenvalue weighted by Gasteiger charge is 2.36. The minimum atomic E-state index is -0.511. The lowest BCUT2D eigenvalue weighted by Crippen LogP contribution is -2.56. The number of rotatable bonds is 2. The molecule has 0 N–H and O–H groups in total. The Kier molecular flexibility index (Phi) is 3.97. The lowest BCUT2D eigenvalue weighted by Gasteiger charge is -2.38. The minimum Gasteiger partial charge on any atom is -0.455 e. The minimum absolute atomic E-state index is 0.254. The monoisotopic (exact) mass is 277 g/mol. The van der Waals surface area contributed by atoms with Crippen LogP contribution in [-0.4, -0.2) is 41.8 Å². The Hall–Kier alpha value is -2.04. The first-order valence-corrected chi connectivity index (χ1v) is 6.59. The second kappa shape index (κ2) is 5.53. The number of ether oxygens (including phenoxy) is 2. The van der Waals surface area contributed by atoms with Crippen LogP contribution in [0.4, 0.5) is 4.79 Å². The Labute approximate surface area is 118 Å². The first-order chi connectivity index (χ1) is 9.35. The number of hydrogen-bond acceptors (Lipinski definition) is 4. The summed E-state index contributed by atoms with van der Waals surface area (Å²) in [6.45, 7) is 6.22. The van der Waals surface area contributed by atoms with Crippen molar-refractivity contribution in [1.29, 1.82) is 0 Å². The van der Waals surface area contributed by atoms with Crippen LogP contribution >= 0.6 is 0 Å². The van der Waals surface area contributed by atoms with E-state index in [1.165, 1.54) is 4.90 Å². The maximum atomic E-state index is 11.8. The third-order valence-corrected chi connectivity index (χ3v) is 2.78. The molecule has 1 heterocycles. The van der Waals surface area contributed by atoms with Gasteiger partial charge in [0.05, 0.1) is 18.7 Å². The van der Waals surface area contributed by atoms with Gasteiger partial charge in [-0.3, -0.25) is 0 Å². The SMILES string of the molecule is CC(C)(C)OC(=O)N1CC(OC(=O)c2ccccc2)C1. The molecule has 0 bridgehead atoms. The molecule has 0 aromatic heterocycles. The molecule has 0 spiro atoms. The highest BCUT2D eigenvalue weighted by Crippen LogP contribution is 2.18. The van der Waals surface area contributed by atoms with Crippen LogP contribution in [0.1, 0.15) is 31.1 Å². The van der Waals surface area contributed by atoms with Crippen molar-refractivity contribution < 1.29 is 19.1 Å². The smallest absolute Gasteiger partial charge is 0.410 e. The van der Waals surface area contributed by atoms with Crippen molar-refractivity contribution >= 4 is 12.1 Å². The predicted molar refractivity (Wildman–Crippen MR) is 73.5 cm³/mol. The van der Waals surface area contributed by atoms with Crippen molar-refractivity contribution in [3.05, 3.63) is 35.9 Å². The summed E-state index contributed by atoms with van der Waals surface area (Å²) in [7, 11) is 0. The first kappa shape index (κ1) is 14.4. The number of amides is 1. The topological polar surface area (TPSA) is 55.8 Å². The standard InChI is InChI=1S/C15H19NO4/c1-15(2,3)20-14(18)16-9-12(10-16)19-13(17)11-7-5-4-6-8-11/h4-8,12H,9-10H2,1-3H3. The number of benzene rings is 1. The fourth-order valence-electron chi connectivity index (χ4n) is 1.78. The molecule has 1 aliphatic heterocycles. The van der Waals surface area contributed by atoms with E-state index in [1.807, 2.05) is 26.8 Å². The third-order valence-electron chi connectivity index (χ3n) is 2.78. The molecule has 5 heteroatoms. The summed E-state index contributed by atoms with van der Waals surface area (Å²) >= 11 is 0. The lowest BCUT2D eigenvalue weighted by molar-refractivity contribution is -0.0452. The van der Waals surface area contributed by atoms with Gasteiger partial charge in [-0.15, -0.1) is 0 Å². The van der Waals surface area contributed by atoms with Crippen LogP contribution < -0.4 is 0 Å². The molecule has 0 aliphatic carbocycles. The molecule has 1 saturated heterocycles. The molecule has 5 nitrogen and oxygen atoms in total. The van der Waals surface area contributed by atoms with Gasteiger partial charge in [0.2, 0.25) is 0 Å². The number of likely N-dealkylation sites (tertiary alicyclic amines) is 1. The van der Waals surface area contributed by atoms with Crippen molar-refractivity contribution in [2.24, 2.45) is 0 Å². The van der Waals surface area contributed by atoms with Crippen molar-refractivity contribution in [3.8, 4) is 0 Å². The van der Waals surface area contributed by atoms with Gasteiger partial charge >= 0.3 is 12.1 Å². The molecule has 2 rings (SSSR count). The molecule has 0 atom stereocenters. The van der Waals surface area contributed by atoms with E-state index < -0.39 is 5.60 Å². The Morgan fingerprint density at radius 1 is 1.15 bits per heavy atom. The maximum absolute atomic E-state index is 11.8. The average Bonchev–Trinajstić information content (AvgIpc) is 2.31. The number of carbonyl (C=O) groups is 2. The average molecular weight is 277 g/mol. The van der Waals surface area contributed by atoms with E-state index in [1.54, 1.807) is 24.3 Å². The van der Waals surface area contributed by atoms with Gasteiger partial charge in [0.15, 0.2) is 0 Å². The second-order valence-corrected chi connectivity index (χ2v) is 5.78. The Bertz CT molecular complexity index is 486. The van der Waals surface area contributed by atoms with E-state index >= 15 is 0 Å². The zero-order chi connectivity index (χ0) is 14.8. The fraction of sp³-hybridized carbons (Fsp3) is 0.467. The van der Waals surface area contributed by atoms with Crippen LogP contribution in [0.3, 0.4) is 0 Å². The highest BCUT2D eigenvalue weighted by atomic mass is 16.6. The molecule has 0 saturated carbocycles. The lowest BCUT2D eigenvalue weighted by atomic mass is 10.1. The molecule has 1 amide bonds. The summed E-state index contributed by atoms with van der Waals surface area (Å²) in [6, 6.07) is 8.80. The maximum Gasteiger partial charge on any atom is 0.410 e. The fourth-order valence-corrected chi connectivity index (χ4v) is 1.78. The summed E-state index contributed by atoms with van der Waals surface area (Å²) < 4.78 is 10.5. The Morgan fingerprint density at radius 3 is 2.30 bits per heavy atom. The van der Waals surface area contributed by atoms with E-state index in [9.17, 15) is 9.59 Å². The van der Waals surface area contributed by atoms with E-state index in [4.69, 9.17) is 9.47 Å². The summed E-state index contributed by atoms with van der Waals surface area (Å²) in [6.07, 6.45) is -0.625. The molecule has 0 unspecified atom stereocenters. The van der Waals surface area contributed by atoms with E-state index in [2.05, 4.69) is 0 Å². The summed E-state index contributed by atoms with van der Waals surface area (Å²) in [5.41, 5.74) is 0.00584. The normalized spacial score (nSPS) is 15.4. The molecule has 1 fully saturated rings. The van der Waals surface area contributed by atoms with Crippen molar-refractivity contribution in [2.75, 3.05) is 13.1 Å². The predicted octanol–water partition coefficient (Wildman–Crippen LogP) is 2.46. The van der Waals surface area contributed by atoms with Crippen LogP contribution in [0.15, 0.2) is 30.3 Å². The van der Waals surface area contributed by atoms with Gasteiger partial charge in [-0.05, 0) is 32.9 Å². The molecule has 20 heavy (non-hydrogen) atoms. The molecular formula is C15H19NO4. The number of esters is 1. The van der Waals surface area contributed by atoms with Gasteiger partial charge in [-0.1, -0.05) is 18.2 Å². The van der Waals surface area contributed by atoms with Crippen LogP contribution in [0, 0.1) is 0 Å². The highest BCUT2D eigenvalue weighted by molar-refractivity contribution is 5.89. The van der Waals surface area contributed by atoms with Gasteiger partial charge < -0.3 is 14.4 Å². The largest absolute Gasteiger partial charge is 0.455 e. The van der Waals surface area contributed by atoms with Crippen molar-refractivity contribution in [3.63, 3.8) is 0 Å². The number of nitrogens with zero attached hydrogens (tertiary/aromatic N) is 1. The molecule has 0 radical (unpaired) electrons. The van der Waals surface area contributed by atoms with Gasteiger partial charge in [-0.2, -0.15) is 0 Å². The van der Waals surface area contributed by atoms with E-state index in [0.29, 0.717) is 18.7 Å². The first-order valence-electron chi connectivity index (χ1n) is 6.59. The van der Waals surface area contributed by atoms with Crippen LogP contribution in [-0.2, 0) is 9.47 Å². The van der Waals surface area contributed by atoms with E-state index in [0.717, 1.165) is 0 Å². The van der Waals surface area contributed by atoms with Crippen LogP contribution in [0.2, 0.25) is 0 Å². The second-order valence-electron chi connectivity index (χ2n) is 5.78. The molecule has 1 aromatic carbocycles.